The predicted molar refractivity (Wildman–Crippen MR) is 54.4 cm³/mol. The maximum atomic E-state index is 13.1. The van der Waals surface area contributed by atoms with Gasteiger partial charge in [0.15, 0.2) is 0 Å². The van der Waals surface area contributed by atoms with Gasteiger partial charge in [0.2, 0.25) is 0 Å². The number of halogens is 2. The number of benzene rings is 1. The third kappa shape index (κ3) is 3.68. The third-order valence-electron chi connectivity index (χ3n) is 1.85. The van der Waals surface area contributed by atoms with Crippen LogP contribution in [0.2, 0.25) is 0 Å². The maximum Gasteiger partial charge on any atom is 0.331 e. The van der Waals surface area contributed by atoms with E-state index in [1.165, 1.54) is 31.5 Å². The molecule has 1 rings (SSSR count). The van der Waals surface area contributed by atoms with E-state index in [1.807, 2.05) is 0 Å². The summed E-state index contributed by atoms with van der Waals surface area (Å²) >= 11 is 0. The molecule has 0 heterocycles. The van der Waals surface area contributed by atoms with Crippen LogP contribution >= 0.6 is 0 Å². The average Bonchev–Trinajstić information content (AvgIpc) is 2.26. The summed E-state index contributed by atoms with van der Waals surface area (Å²) < 4.78 is 30.0. The number of carbonyl (C=O) groups excluding carboxylic acids is 1. The number of hydrogen-bond acceptors (Lipinski definition) is 3. The van der Waals surface area contributed by atoms with Crippen molar-refractivity contribution in [2.24, 2.45) is 0 Å². The number of esters is 1. The molecule has 0 radical (unpaired) electrons. The highest BCUT2D eigenvalue weighted by atomic mass is 19.1. The molecule has 16 heavy (non-hydrogen) atoms. The molecule has 5 heteroatoms. The average molecular weight is 227 g/mol. The van der Waals surface area contributed by atoms with Crippen molar-refractivity contribution in [2.45, 2.75) is 6.54 Å². The van der Waals surface area contributed by atoms with Crippen molar-refractivity contribution < 1.29 is 18.3 Å². The van der Waals surface area contributed by atoms with Crippen LogP contribution in [0.1, 0.15) is 5.56 Å². The minimum Gasteiger partial charge on any atom is -0.466 e. The summed E-state index contributed by atoms with van der Waals surface area (Å²) in [4.78, 5) is 10.7. The van der Waals surface area contributed by atoms with E-state index in [4.69, 9.17) is 0 Å². The highest BCUT2D eigenvalue weighted by Crippen LogP contribution is 2.08. The van der Waals surface area contributed by atoms with Gasteiger partial charge in [0, 0.05) is 30.5 Å². The van der Waals surface area contributed by atoms with E-state index in [9.17, 15) is 13.6 Å². The molecule has 0 spiro atoms. The Labute approximate surface area is 91.7 Å². The second-order valence-electron chi connectivity index (χ2n) is 2.97. The van der Waals surface area contributed by atoms with E-state index >= 15 is 0 Å². The van der Waals surface area contributed by atoms with Crippen molar-refractivity contribution in [2.75, 3.05) is 7.11 Å². The maximum absolute atomic E-state index is 13.1. The van der Waals surface area contributed by atoms with Gasteiger partial charge in [-0.15, -0.1) is 0 Å². The minimum atomic E-state index is -0.626. The second kappa shape index (κ2) is 5.85. The summed E-state index contributed by atoms with van der Waals surface area (Å²) in [6.45, 7) is 0.166. The number of nitrogens with one attached hydrogen (secondary N) is 1. The fourth-order valence-electron chi connectivity index (χ4n) is 1.03. The fourth-order valence-corrected chi connectivity index (χ4v) is 1.03. The molecule has 1 aromatic rings. The Hall–Kier alpha value is -1.91. The van der Waals surface area contributed by atoms with Crippen LogP contribution in [0.4, 0.5) is 8.78 Å². The van der Waals surface area contributed by atoms with Crippen LogP contribution in [0.3, 0.4) is 0 Å². The molecule has 0 amide bonds. The molecule has 0 aliphatic rings. The van der Waals surface area contributed by atoms with Crippen LogP contribution in [0.25, 0.3) is 0 Å². The molecule has 0 aliphatic heterocycles. The lowest BCUT2D eigenvalue weighted by atomic mass is 10.2. The zero-order valence-corrected chi connectivity index (χ0v) is 8.67. The van der Waals surface area contributed by atoms with Crippen molar-refractivity contribution in [1.82, 2.24) is 5.32 Å². The lowest BCUT2D eigenvalue weighted by molar-refractivity contribution is -0.134. The van der Waals surface area contributed by atoms with Gasteiger partial charge in [0.05, 0.1) is 7.11 Å². The molecule has 1 aromatic carbocycles. The smallest absolute Gasteiger partial charge is 0.331 e. The van der Waals surface area contributed by atoms with Gasteiger partial charge in [0.1, 0.15) is 11.6 Å². The van der Waals surface area contributed by atoms with Gasteiger partial charge in [-0.1, -0.05) is 6.07 Å². The van der Waals surface area contributed by atoms with Crippen molar-refractivity contribution in [3.63, 3.8) is 0 Å². The predicted octanol–water partition coefficient (Wildman–Crippen LogP) is 1.74. The highest BCUT2D eigenvalue weighted by molar-refractivity contribution is 5.81. The van der Waals surface area contributed by atoms with E-state index in [0.29, 0.717) is 5.56 Å². The zero-order valence-electron chi connectivity index (χ0n) is 8.67. The molecule has 0 atom stereocenters. The van der Waals surface area contributed by atoms with Crippen LogP contribution in [0.15, 0.2) is 30.5 Å². The van der Waals surface area contributed by atoms with Gasteiger partial charge in [-0.25, -0.2) is 13.6 Å². The van der Waals surface area contributed by atoms with Crippen molar-refractivity contribution in [3.05, 3.63) is 47.7 Å². The van der Waals surface area contributed by atoms with Crippen LogP contribution < -0.4 is 5.32 Å². The van der Waals surface area contributed by atoms with Gasteiger partial charge >= 0.3 is 5.97 Å². The van der Waals surface area contributed by atoms with Crippen LogP contribution in [-0.4, -0.2) is 13.1 Å². The molecule has 0 bridgehead atoms. The number of carbonyl (C=O) groups is 1. The lowest BCUT2D eigenvalue weighted by Gasteiger charge is -2.02. The van der Waals surface area contributed by atoms with E-state index in [2.05, 4.69) is 10.1 Å². The van der Waals surface area contributed by atoms with E-state index in [0.717, 1.165) is 6.07 Å². The molecule has 86 valence electrons. The van der Waals surface area contributed by atoms with Crippen molar-refractivity contribution >= 4 is 5.97 Å². The lowest BCUT2D eigenvalue weighted by Crippen LogP contribution is -2.08. The van der Waals surface area contributed by atoms with Crippen LogP contribution in [-0.2, 0) is 16.1 Å². The molecule has 0 aromatic heterocycles. The Kier molecular flexibility index (Phi) is 4.44. The molecule has 0 saturated carbocycles. The first kappa shape index (κ1) is 12.2. The van der Waals surface area contributed by atoms with Gasteiger partial charge in [-0.3, -0.25) is 0 Å². The van der Waals surface area contributed by atoms with E-state index in [1.54, 1.807) is 0 Å². The standard InChI is InChI=1S/C11H11F2NO2/c1-16-11(15)4-5-14-7-8-2-3-9(12)6-10(8)13/h2-6,14H,7H2,1H3/b5-4+. The zero-order chi connectivity index (χ0) is 12.0. The molecule has 0 saturated heterocycles. The SMILES string of the molecule is COC(=O)/C=C/NCc1ccc(F)cc1F. The Morgan fingerprint density at radius 3 is 2.88 bits per heavy atom. The third-order valence-corrected chi connectivity index (χ3v) is 1.85. The molecular weight excluding hydrogens is 216 g/mol. The molecule has 1 N–H and O–H groups in total. The summed E-state index contributed by atoms with van der Waals surface area (Å²) in [6.07, 6.45) is 2.51. The molecule has 0 fully saturated rings. The van der Waals surface area contributed by atoms with Crippen molar-refractivity contribution in [1.29, 1.82) is 0 Å². The van der Waals surface area contributed by atoms with Crippen LogP contribution in [0.5, 0.6) is 0 Å². The summed E-state index contributed by atoms with van der Waals surface area (Å²) in [7, 11) is 1.26. The Balaban J connectivity index is 2.49. The minimum absolute atomic E-state index is 0.166. The van der Waals surface area contributed by atoms with Crippen molar-refractivity contribution in [3.8, 4) is 0 Å². The first-order chi connectivity index (χ1) is 7.63. The Bertz CT molecular complexity index is 405. The number of hydrogen-bond donors (Lipinski definition) is 1. The van der Waals surface area contributed by atoms with E-state index in [-0.39, 0.29) is 6.54 Å². The highest BCUT2D eigenvalue weighted by Gasteiger charge is 2.01. The first-order valence-electron chi connectivity index (χ1n) is 4.55. The number of rotatable bonds is 4. The Morgan fingerprint density at radius 2 is 2.25 bits per heavy atom. The van der Waals surface area contributed by atoms with Crippen LogP contribution in [0, 0.1) is 11.6 Å². The molecule has 3 nitrogen and oxygen atoms in total. The molecule has 0 unspecified atom stereocenters. The van der Waals surface area contributed by atoms with E-state index < -0.39 is 17.6 Å². The quantitative estimate of drug-likeness (QED) is 0.629. The topological polar surface area (TPSA) is 38.3 Å². The first-order valence-corrected chi connectivity index (χ1v) is 4.55. The fraction of sp³-hybridized carbons (Fsp3) is 0.182. The second-order valence-corrected chi connectivity index (χ2v) is 2.97. The molecule has 0 aliphatic carbocycles. The van der Waals surface area contributed by atoms with Gasteiger partial charge in [-0.2, -0.15) is 0 Å². The summed E-state index contributed by atoms with van der Waals surface area (Å²) in [6, 6.07) is 3.31. The normalized spacial score (nSPS) is 10.4. The Morgan fingerprint density at radius 1 is 1.50 bits per heavy atom. The number of methoxy groups -OCH3 is 1. The number of ether oxygens (including phenoxy) is 1. The van der Waals surface area contributed by atoms with Gasteiger partial charge < -0.3 is 10.1 Å². The summed E-state index contributed by atoms with van der Waals surface area (Å²) in [5.41, 5.74) is 0.316. The largest absolute Gasteiger partial charge is 0.466 e. The van der Waals surface area contributed by atoms with Gasteiger partial charge in [-0.05, 0) is 6.07 Å². The van der Waals surface area contributed by atoms with Gasteiger partial charge in [0.25, 0.3) is 0 Å². The molecular formula is C11H11F2NO2. The monoisotopic (exact) mass is 227 g/mol. The summed E-state index contributed by atoms with van der Waals surface area (Å²) in [5, 5.41) is 2.68. The summed E-state index contributed by atoms with van der Waals surface area (Å²) in [5.74, 6) is -1.75.